The summed E-state index contributed by atoms with van der Waals surface area (Å²) in [6.45, 7) is 1.75. The molecule has 4 heteroatoms. The zero-order chi connectivity index (χ0) is 12.3. The van der Waals surface area contributed by atoms with E-state index in [4.69, 9.17) is 5.26 Å². The van der Waals surface area contributed by atoms with Gasteiger partial charge in [-0.1, -0.05) is 0 Å². The van der Waals surface area contributed by atoms with Crippen LogP contribution >= 0.6 is 15.9 Å². The van der Waals surface area contributed by atoms with Crippen LogP contribution < -0.4 is 4.90 Å². The van der Waals surface area contributed by atoms with Gasteiger partial charge in [-0.25, -0.2) is 0 Å². The van der Waals surface area contributed by atoms with Gasteiger partial charge in [0.2, 0.25) is 0 Å². The number of nitrogens with zero attached hydrogens (tertiary/aromatic N) is 2. The van der Waals surface area contributed by atoms with Crippen molar-refractivity contribution in [3.05, 3.63) is 28.2 Å². The second-order valence-electron chi connectivity index (χ2n) is 4.26. The zero-order valence-corrected chi connectivity index (χ0v) is 11.0. The molecule has 1 atom stereocenters. The molecule has 88 valence electrons. The van der Waals surface area contributed by atoms with E-state index in [1.807, 2.05) is 18.2 Å². The van der Waals surface area contributed by atoms with Gasteiger partial charge < -0.3 is 9.69 Å². The highest BCUT2D eigenvalue weighted by molar-refractivity contribution is 9.10. The Balaban J connectivity index is 2.20. The molecule has 0 saturated carbocycles. The Morgan fingerprint density at radius 3 is 3.00 bits per heavy atom. The van der Waals surface area contributed by atoms with Gasteiger partial charge in [0.25, 0.3) is 0 Å². The van der Waals surface area contributed by atoms with E-state index in [0.29, 0.717) is 5.56 Å². The van der Waals surface area contributed by atoms with E-state index in [9.17, 15) is 4.79 Å². The summed E-state index contributed by atoms with van der Waals surface area (Å²) in [5.74, 6) is 0.137. The SMILES string of the molecule is N#Cc1ccc(N2CCCC(C=O)C2)cc1Br. The maximum Gasteiger partial charge on any atom is 0.124 e. The van der Waals surface area contributed by atoms with Gasteiger partial charge in [-0.3, -0.25) is 0 Å². The first-order valence-electron chi connectivity index (χ1n) is 5.64. The molecular weight excluding hydrogens is 280 g/mol. The molecule has 3 nitrogen and oxygen atoms in total. The Labute approximate surface area is 109 Å². The Morgan fingerprint density at radius 1 is 1.53 bits per heavy atom. The number of anilines is 1. The van der Waals surface area contributed by atoms with Gasteiger partial charge in [0.1, 0.15) is 12.4 Å². The van der Waals surface area contributed by atoms with Crippen LogP contribution in [0.2, 0.25) is 0 Å². The van der Waals surface area contributed by atoms with E-state index < -0.39 is 0 Å². The molecule has 1 aromatic rings. The van der Waals surface area contributed by atoms with Crippen LogP contribution in [0.1, 0.15) is 18.4 Å². The Bertz CT molecular complexity index is 467. The Hall–Kier alpha value is -1.34. The summed E-state index contributed by atoms with van der Waals surface area (Å²) in [6, 6.07) is 7.82. The lowest BCUT2D eigenvalue weighted by Gasteiger charge is -2.32. The van der Waals surface area contributed by atoms with Gasteiger partial charge >= 0.3 is 0 Å². The molecule has 1 aliphatic rings. The molecule has 1 fully saturated rings. The van der Waals surface area contributed by atoms with Crippen LogP contribution in [0.4, 0.5) is 5.69 Å². The fourth-order valence-corrected chi connectivity index (χ4v) is 2.60. The third-order valence-corrected chi connectivity index (χ3v) is 3.74. The van der Waals surface area contributed by atoms with Crippen molar-refractivity contribution in [3.63, 3.8) is 0 Å². The number of rotatable bonds is 2. The number of hydrogen-bond donors (Lipinski definition) is 0. The number of carbonyl (C=O) groups is 1. The molecule has 0 aliphatic carbocycles. The summed E-state index contributed by atoms with van der Waals surface area (Å²) >= 11 is 3.39. The van der Waals surface area contributed by atoms with Gasteiger partial charge in [0.15, 0.2) is 0 Å². The highest BCUT2D eigenvalue weighted by Crippen LogP contribution is 2.27. The van der Waals surface area contributed by atoms with Crippen molar-refractivity contribution >= 4 is 27.9 Å². The summed E-state index contributed by atoms with van der Waals surface area (Å²) < 4.78 is 0.811. The van der Waals surface area contributed by atoms with Gasteiger partial charge in [0.05, 0.1) is 5.56 Å². The maximum absolute atomic E-state index is 10.8. The highest BCUT2D eigenvalue weighted by Gasteiger charge is 2.19. The van der Waals surface area contributed by atoms with Crippen molar-refractivity contribution in [1.82, 2.24) is 0 Å². The van der Waals surface area contributed by atoms with Crippen molar-refractivity contribution in [2.24, 2.45) is 5.92 Å². The second kappa shape index (κ2) is 5.33. The van der Waals surface area contributed by atoms with Gasteiger partial charge in [-0.15, -0.1) is 0 Å². The first kappa shape index (κ1) is 12.1. The number of piperidine rings is 1. The Morgan fingerprint density at radius 2 is 2.35 bits per heavy atom. The lowest BCUT2D eigenvalue weighted by molar-refractivity contribution is -0.111. The number of benzene rings is 1. The summed E-state index contributed by atoms with van der Waals surface area (Å²) in [5.41, 5.74) is 1.71. The van der Waals surface area contributed by atoms with Crippen molar-refractivity contribution in [2.45, 2.75) is 12.8 Å². The van der Waals surface area contributed by atoms with E-state index in [0.717, 1.165) is 42.4 Å². The first-order chi connectivity index (χ1) is 8.24. The molecule has 0 N–H and O–H groups in total. The number of halogens is 1. The first-order valence-corrected chi connectivity index (χ1v) is 6.44. The van der Waals surface area contributed by atoms with Crippen LogP contribution in [0.5, 0.6) is 0 Å². The lowest BCUT2D eigenvalue weighted by atomic mass is 9.99. The molecule has 1 unspecified atom stereocenters. The average Bonchev–Trinajstić information content (AvgIpc) is 2.38. The largest absolute Gasteiger partial charge is 0.371 e. The summed E-state index contributed by atoms with van der Waals surface area (Å²) in [7, 11) is 0. The standard InChI is InChI=1S/C13H13BrN2O/c14-13-6-12(4-3-11(13)7-15)16-5-1-2-10(8-16)9-17/h3-4,6,9-10H,1-2,5,8H2. The molecule has 1 aromatic carbocycles. The molecule has 0 bridgehead atoms. The fraction of sp³-hybridized carbons (Fsp3) is 0.385. The van der Waals surface area contributed by atoms with Crippen molar-refractivity contribution < 1.29 is 4.79 Å². The molecule has 0 amide bonds. The predicted octanol–water partition coefficient (Wildman–Crippen LogP) is 2.74. The smallest absolute Gasteiger partial charge is 0.124 e. The minimum Gasteiger partial charge on any atom is -0.371 e. The average molecular weight is 293 g/mol. The number of hydrogen-bond acceptors (Lipinski definition) is 3. The summed E-state index contributed by atoms with van der Waals surface area (Å²) in [4.78, 5) is 13.0. The van der Waals surface area contributed by atoms with E-state index in [-0.39, 0.29) is 5.92 Å². The van der Waals surface area contributed by atoms with Gasteiger partial charge in [-0.05, 0) is 47.0 Å². The van der Waals surface area contributed by atoms with Crippen molar-refractivity contribution in [3.8, 4) is 6.07 Å². The summed E-state index contributed by atoms with van der Waals surface area (Å²) in [6.07, 6.45) is 3.07. The van der Waals surface area contributed by atoms with Crippen molar-refractivity contribution in [1.29, 1.82) is 5.26 Å². The van der Waals surface area contributed by atoms with Crippen LogP contribution in [0.3, 0.4) is 0 Å². The molecular formula is C13H13BrN2O. The minimum atomic E-state index is 0.137. The fourth-order valence-electron chi connectivity index (χ4n) is 2.15. The van der Waals surface area contributed by atoms with Crippen LogP contribution in [0.15, 0.2) is 22.7 Å². The quantitative estimate of drug-likeness (QED) is 0.788. The molecule has 1 aliphatic heterocycles. The molecule has 0 aromatic heterocycles. The van der Waals surface area contributed by atoms with Crippen LogP contribution in [0, 0.1) is 17.2 Å². The van der Waals surface area contributed by atoms with E-state index in [2.05, 4.69) is 26.9 Å². The third-order valence-electron chi connectivity index (χ3n) is 3.09. The predicted molar refractivity (Wildman–Crippen MR) is 69.9 cm³/mol. The third kappa shape index (κ3) is 2.67. The zero-order valence-electron chi connectivity index (χ0n) is 9.40. The van der Waals surface area contributed by atoms with E-state index in [1.54, 1.807) is 0 Å². The van der Waals surface area contributed by atoms with E-state index in [1.165, 1.54) is 0 Å². The topological polar surface area (TPSA) is 44.1 Å². The minimum absolute atomic E-state index is 0.137. The second-order valence-corrected chi connectivity index (χ2v) is 5.11. The van der Waals surface area contributed by atoms with Crippen molar-refractivity contribution in [2.75, 3.05) is 18.0 Å². The number of nitriles is 1. The summed E-state index contributed by atoms with van der Waals surface area (Å²) in [5, 5.41) is 8.86. The lowest BCUT2D eigenvalue weighted by Crippen LogP contribution is -2.35. The van der Waals surface area contributed by atoms with Crippen LogP contribution in [-0.2, 0) is 4.79 Å². The van der Waals surface area contributed by atoms with Crippen LogP contribution in [0.25, 0.3) is 0 Å². The molecule has 1 saturated heterocycles. The Kier molecular flexibility index (Phi) is 3.80. The molecule has 0 radical (unpaired) electrons. The molecule has 1 heterocycles. The van der Waals surface area contributed by atoms with E-state index >= 15 is 0 Å². The normalized spacial score (nSPS) is 19.8. The molecule has 17 heavy (non-hydrogen) atoms. The maximum atomic E-state index is 10.8. The van der Waals surface area contributed by atoms with Gasteiger partial charge in [0, 0.05) is 29.2 Å². The molecule has 0 spiro atoms. The highest BCUT2D eigenvalue weighted by atomic mass is 79.9. The monoisotopic (exact) mass is 292 g/mol. The number of aldehydes is 1. The van der Waals surface area contributed by atoms with Crippen LogP contribution in [-0.4, -0.2) is 19.4 Å². The molecule has 2 rings (SSSR count). The van der Waals surface area contributed by atoms with Gasteiger partial charge in [-0.2, -0.15) is 5.26 Å². The number of carbonyl (C=O) groups excluding carboxylic acids is 1.